The summed E-state index contributed by atoms with van der Waals surface area (Å²) in [7, 11) is 0. The molecule has 1 saturated carbocycles. The number of amides is 2. The van der Waals surface area contributed by atoms with Gasteiger partial charge in [-0.1, -0.05) is 0 Å². The Morgan fingerprint density at radius 2 is 2.05 bits per heavy atom. The summed E-state index contributed by atoms with van der Waals surface area (Å²) >= 11 is 0. The molecule has 0 spiro atoms. The molecule has 1 saturated heterocycles. The Labute approximate surface area is 120 Å². The predicted octanol–water partition coefficient (Wildman–Crippen LogP) is 1.81. The van der Waals surface area contributed by atoms with Gasteiger partial charge in [0.1, 0.15) is 17.7 Å². The van der Waals surface area contributed by atoms with Gasteiger partial charge in [0, 0.05) is 12.0 Å². The average Bonchev–Trinajstić information content (AvgIpc) is 3.20. The highest BCUT2D eigenvalue weighted by molar-refractivity contribution is 5.91. The Hall–Kier alpha value is -1.98. The van der Waals surface area contributed by atoms with E-state index in [1.54, 1.807) is 0 Å². The predicted molar refractivity (Wildman–Crippen MR) is 71.1 cm³/mol. The van der Waals surface area contributed by atoms with Crippen molar-refractivity contribution in [1.82, 2.24) is 10.6 Å². The van der Waals surface area contributed by atoms with Crippen molar-refractivity contribution in [3.05, 3.63) is 35.4 Å². The largest absolute Gasteiger partial charge is 0.347 e. The van der Waals surface area contributed by atoms with Gasteiger partial charge in [0.25, 0.3) is 0 Å². The number of benzene rings is 1. The van der Waals surface area contributed by atoms with E-state index < -0.39 is 23.7 Å². The standard InChI is InChI=1S/C15H16F2N2O2/c16-9-3-4-11(17)10(7-9)14(8-1-2-8)19-15(21)12-5-6-13(20)18-12/h3-4,7-8,12,14H,1-2,5-6H2,(H,18,20)(H,19,21)/t12-,14+/m1/s1. The van der Waals surface area contributed by atoms with E-state index in [1.165, 1.54) is 0 Å². The molecule has 0 unspecified atom stereocenters. The molecule has 1 aromatic rings. The molecular weight excluding hydrogens is 278 g/mol. The lowest BCUT2D eigenvalue weighted by Crippen LogP contribution is -2.43. The van der Waals surface area contributed by atoms with Crippen molar-refractivity contribution in [3.63, 3.8) is 0 Å². The summed E-state index contributed by atoms with van der Waals surface area (Å²) in [6, 6.07) is 2.15. The summed E-state index contributed by atoms with van der Waals surface area (Å²) < 4.78 is 27.3. The van der Waals surface area contributed by atoms with Crippen LogP contribution >= 0.6 is 0 Å². The quantitative estimate of drug-likeness (QED) is 0.890. The fraction of sp³-hybridized carbons (Fsp3) is 0.467. The molecule has 3 rings (SSSR count). The Kier molecular flexibility index (Phi) is 3.61. The summed E-state index contributed by atoms with van der Waals surface area (Å²) in [6.07, 6.45) is 2.50. The molecule has 2 atom stereocenters. The molecule has 2 fully saturated rings. The second kappa shape index (κ2) is 5.42. The highest BCUT2D eigenvalue weighted by Gasteiger charge is 2.37. The molecule has 4 nitrogen and oxygen atoms in total. The summed E-state index contributed by atoms with van der Waals surface area (Å²) in [5.74, 6) is -1.41. The number of hydrogen-bond donors (Lipinski definition) is 2. The van der Waals surface area contributed by atoms with Crippen LogP contribution in [-0.2, 0) is 9.59 Å². The Morgan fingerprint density at radius 1 is 1.29 bits per heavy atom. The molecule has 2 aliphatic rings. The van der Waals surface area contributed by atoms with E-state index in [9.17, 15) is 18.4 Å². The van der Waals surface area contributed by atoms with Crippen LogP contribution in [0.25, 0.3) is 0 Å². The number of halogens is 2. The highest BCUT2D eigenvalue weighted by Crippen LogP contribution is 2.42. The van der Waals surface area contributed by atoms with Crippen LogP contribution in [-0.4, -0.2) is 17.9 Å². The van der Waals surface area contributed by atoms with Crippen LogP contribution in [0.1, 0.15) is 37.3 Å². The van der Waals surface area contributed by atoms with E-state index in [0.717, 1.165) is 31.0 Å². The van der Waals surface area contributed by atoms with Crippen molar-refractivity contribution in [2.24, 2.45) is 5.92 Å². The van der Waals surface area contributed by atoms with Gasteiger partial charge in [-0.25, -0.2) is 8.78 Å². The molecule has 1 heterocycles. The van der Waals surface area contributed by atoms with E-state index in [-0.39, 0.29) is 23.3 Å². The third-order valence-corrected chi connectivity index (χ3v) is 4.00. The van der Waals surface area contributed by atoms with Gasteiger partial charge in [0.2, 0.25) is 11.8 Å². The van der Waals surface area contributed by atoms with Crippen LogP contribution in [0.15, 0.2) is 18.2 Å². The fourth-order valence-electron chi connectivity index (χ4n) is 2.70. The fourth-order valence-corrected chi connectivity index (χ4v) is 2.70. The zero-order valence-electron chi connectivity index (χ0n) is 11.4. The lowest BCUT2D eigenvalue weighted by molar-refractivity contribution is -0.126. The molecule has 1 aliphatic carbocycles. The maximum Gasteiger partial charge on any atom is 0.243 e. The van der Waals surface area contributed by atoms with Crippen LogP contribution in [0.4, 0.5) is 8.78 Å². The van der Waals surface area contributed by atoms with Gasteiger partial charge < -0.3 is 10.6 Å². The summed E-state index contributed by atoms with van der Waals surface area (Å²) in [5.41, 5.74) is 0.176. The molecule has 1 aromatic carbocycles. The third kappa shape index (κ3) is 3.04. The molecule has 2 N–H and O–H groups in total. The first-order valence-corrected chi connectivity index (χ1v) is 7.09. The van der Waals surface area contributed by atoms with Crippen molar-refractivity contribution in [1.29, 1.82) is 0 Å². The summed E-state index contributed by atoms with van der Waals surface area (Å²) in [4.78, 5) is 23.3. The van der Waals surface area contributed by atoms with Gasteiger partial charge in [-0.3, -0.25) is 9.59 Å². The molecule has 0 radical (unpaired) electrons. The van der Waals surface area contributed by atoms with Gasteiger partial charge in [-0.15, -0.1) is 0 Å². The maximum atomic E-state index is 13.9. The van der Waals surface area contributed by atoms with Crippen LogP contribution in [0.5, 0.6) is 0 Å². The minimum Gasteiger partial charge on any atom is -0.347 e. The van der Waals surface area contributed by atoms with Crippen molar-refractivity contribution in [2.75, 3.05) is 0 Å². The number of carbonyl (C=O) groups excluding carboxylic acids is 2. The van der Waals surface area contributed by atoms with Gasteiger partial charge in [0.05, 0.1) is 6.04 Å². The molecule has 21 heavy (non-hydrogen) atoms. The number of carbonyl (C=O) groups is 2. The monoisotopic (exact) mass is 294 g/mol. The van der Waals surface area contributed by atoms with E-state index in [0.29, 0.717) is 12.8 Å². The van der Waals surface area contributed by atoms with Gasteiger partial charge >= 0.3 is 0 Å². The Bertz CT molecular complexity index is 587. The smallest absolute Gasteiger partial charge is 0.243 e. The lowest BCUT2D eigenvalue weighted by atomic mass is 10.0. The van der Waals surface area contributed by atoms with E-state index in [4.69, 9.17) is 0 Å². The third-order valence-electron chi connectivity index (χ3n) is 4.00. The van der Waals surface area contributed by atoms with Gasteiger partial charge in [0.15, 0.2) is 0 Å². The summed E-state index contributed by atoms with van der Waals surface area (Å²) in [5, 5.41) is 5.34. The lowest BCUT2D eigenvalue weighted by Gasteiger charge is -2.21. The first-order valence-electron chi connectivity index (χ1n) is 7.09. The van der Waals surface area contributed by atoms with Crippen molar-refractivity contribution in [3.8, 4) is 0 Å². The zero-order chi connectivity index (χ0) is 15.0. The van der Waals surface area contributed by atoms with Gasteiger partial charge in [-0.2, -0.15) is 0 Å². The molecular formula is C15H16F2N2O2. The van der Waals surface area contributed by atoms with Crippen molar-refractivity contribution >= 4 is 11.8 Å². The molecule has 0 bridgehead atoms. The minimum absolute atomic E-state index is 0.127. The molecule has 0 aromatic heterocycles. The zero-order valence-corrected chi connectivity index (χ0v) is 11.4. The van der Waals surface area contributed by atoms with Crippen LogP contribution in [0.3, 0.4) is 0 Å². The topological polar surface area (TPSA) is 58.2 Å². The normalized spacial score (nSPS) is 22.8. The van der Waals surface area contributed by atoms with Crippen LogP contribution in [0.2, 0.25) is 0 Å². The number of hydrogen-bond acceptors (Lipinski definition) is 2. The van der Waals surface area contributed by atoms with Crippen molar-refractivity contribution in [2.45, 2.75) is 37.8 Å². The summed E-state index contributed by atoms with van der Waals surface area (Å²) in [6.45, 7) is 0. The van der Waals surface area contributed by atoms with Crippen LogP contribution in [0, 0.1) is 17.6 Å². The second-order valence-electron chi connectivity index (χ2n) is 5.65. The number of rotatable bonds is 4. The van der Waals surface area contributed by atoms with Gasteiger partial charge in [-0.05, 0) is 43.4 Å². The Morgan fingerprint density at radius 3 is 2.67 bits per heavy atom. The average molecular weight is 294 g/mol. The van der Waals surface area contributed by atoms with Crippen molar-refractivity contribution < 1.29 is 18.4 Å². The molecule has 2 amide bonds. The molecule has 112 valence electrons. The highest BCUT2D eigenvalue weighted by atomic mass is 19.1. The van der Waals surface area contributed by atoms with E-state index >= 15 is 0 Å². The Balaban J connectivity index is 1.77. The van der Waals surface area contributed by atoms with E-state index in [1.807, 2.05) is 0 Å². The molecule has 6 heteroatoms. The van der Waals surface area contributed by atoms with Crippen LogP contribution < -0.4 is 10.6 Å². The first-order chi connectivity index (χ1) is 10.0. The second-order valence-corrected chi connectivity index (χ2v) is 5.65. The SMILES string of the molecule is O=C1CC[C@H](C(=O)N[C@H](c2cc(F)ccc2F)C2CC2)N1. The van der Waals surface area contributed by atoms with E-state index in [2.05, 4.69) is 10.6 Å². The molecule has 1 aliphatic heterocycles. The number of nitrogens with one attached hydrogen (secondary N) is 2. The first kappa shape index (κ1) is 14.0. The maximum absolute atomic E-state index is 13.9. The minimum atomic E-state index is -0.574.